The van der Waals surface area contributed by atoms with E-state index in [9.17, 15) is 33.6 Å². The highest BCUT2D eigenvalue weighted by molar-refractivity contribution is 7.09. The number of likely N-dealkylation sites (tertiary alicyclic amines) is 1. The molecule has 3 aromatic rings. The highest BCUT2D eigenvalue weighted by atomic mass is 32.1. The Morgan fingerprint density at radius 3 is 2.15 bits per heavy atom. The monoisotopic (exact) mass is 1010 g/mol. The van der Waals surface area contributed by atoms with Crippen LogP contribution in [0.5, 0.6) is 0 Å². The maximum absolute atomic E-state index is 14.5. The second-order valence-electron chi connectivity index (χ2n) is 19.2. The number of carbonyl (C=O) groups excluding carboxylic acids is 7. The smallest absolute Gasteiger partial charge is 0.408 e. The molecule has 0 spiro atoms. The van der Waals surface area contributed by atoms with Crippen LogP contribution in [0.4, 0.5) is 10.5 Å². The third-order valence-electron chi connectivity index (χ3n) is 13.2. The van der Waals surface area contributed by atoms with Crippen molar-refractivity contribution in [3.8, 4) is 0 Å². The van der Waals surface area contributed by atoms with Gasteiger partial charge in [0.05, 0.1) is 49.1 Å². The van der Waals surface area contributed by atoms with Crippen molar-refractivity contribution >= 4 is 58.6 Å². The Bertz CT molecular complexity index is 2230. The molecule has 19 nitrogen and oxygen atoms in total. The number of aromatic nitrogens is 1. The quantitative estimate of drug-likeness (QED) is 0.0619. The van der Waals surface area contributed by atoms with Gasteiger partial charge in [0.2, 0.25) is 35.4 Å². The van der Waals surface area contributed by atoms with E-state index in [2.05, 4.69) is 26.3 Å². The van der Waals surface area contributed by atoms with E-state index in [0.29, 0.717) is 37.1 Å². The van der Waals surface area contributed by atoms with Crippen molar-refractivity contribution in [2.24, 2.45) is 29.2 Å². The molecule has 1 saturated heterocycles. The van der Waals surface area contributed by atoms with Crippen molar-refractivity contribution in [3.63, 3.8) is 0 Å². The first-order valence-corrected chi connectivity index (χ1v) is 25.0. The fourth-order valence-electron chi connectivity index (χ4n) is 8.94. The minimum absolute atomic E-state index is 0.0502. The Labute approximate surface area is 421 Å². The lowest BCUT2D eigenvalue weighted by Crippen LogP contribution is -2.62. The number of likely N-dealkylation sites (N-methyl/N-ethyl adjacent to an activating group) is 1. The molecule has 1 aliphatic rings. The predicted octanol–water partition coefficient (Wildman–Crippen LogP) is 4.45. The summed E-state index contributed by atoms with van der Waals surface area (Å²) in [6, 6.07) is 13.1. The topological polar surface area (TPSA) is 267 Å². The highest BCUT2D eigenvalue weighted by Crippen LogP contribution is 2.31. The molecule has 2 aromatic carbocycles. The van der Waals surface area contributed by atoms with E-state index < -0.39 is 71.5 Å². The summed E-state index contributed by atoms with van der Waals surface area (Å²) in [5, 5.41) is 14.2. The normalized spacial score (nSPS) is 17.1. The number of carbonyl (C=O) groups is 7. The van der Waals surface area contributed by atoms with Gasteiger partial charge in [-0.15, -0.1) is 11.3 Å². The van der Waals surface area contributed by atoms with Crippen LogP contribution in [0.25, 0.3) is 0 Å². The maximum Gasteiger partial charge on any atom is 0.408 e. The molecular weight excluding hydrogens is 931 g/mol. The minimum atomic E-state index is -1.52. The Morgan fingerprint density at radius 2 is 1.59 bits per heavy atom. The lowest BCUT2D eigenvalue weighted by molar-refractivity contribution is -0.148. The highest BCUT2D eigenvalue weighted by Gasteiger charge is 2.44. The molecule has 1 aromatic heterocycles. The number of methoxy groups -OCH3 is 2. The van der Waals surface area contributed by atoms with Gasteiger partial charge in [0, 0.05) is 45.1 Å². The van der Waals surface area contributed by atoms with Crippen LogP contribution in [0.1, 0.15) is 103 Å². The number of ether oxygens (including phenoxy) is 3. The first-order valence-electron chi connectivity index (χ1n) is 24.2. The maximum atomic E-state index is 14.5. The van der Waals surface area contributed by atoms with Crippen molar-refractivity contribution < 1.29 is 47.8 Å². The van der Waals surface area contributed by atoms with Gasteiger partial charge in [-0.1, -0.05) is 83.5 Å². The number of hydrogen-bond acceptors (Lipinski definition) is 13. The van der Waals surface area contributed by atoms with Crippen LogP contribution in [-0.4, -0.2) is 126 Å². The van der Waals surface area contributed by atoms with E-state index >= 15 is 0 Å². The number of benzene rings is 2. The number of amides is 7. The van der Waals surface area contributed by atoms with E-state index in [-0.39, 0.29) is 55.2 Å². The standard InChI is InChI=1S/C51H75N9O10S/c1-11-31(4)43(39(68-9)28-41(62)60-24-15-18-38(60)44(69-10)32(5)46(64)56-37(47-54-23-25-71-47)26-33-16-13-12-14-17-33)59(8)48(65)42(30(2)3)57-49(66)51(6,7)58-50(67)70-29-34-19-21-35(22-20-34)55-36(45(53)63)27-40(52)61/h12-14,16-17,19-23,25,30-32,36-39,42-44,55H,11,15,18,24,26-29H2,1-10H3,(H2,52,61)(H2,53,63)(H,56,64)(H,57,66)(H,58,67)/t31?,32?,36?,37?,38-,39?,42?,43?,44?/m0/s1. The molecule has 1 fully saturated rings. The van der Waals surface area contributed by atoms with Gasteiger partial charge in [-0.2, -0.15) is 0 Å². The number of alkyl carbamates (subject to hydrolysis) is 1. The molecule has 8 unspecified atom stereocenters. The zero-order valence-electron chi connectivity index (χ0n) is 42.8. The summed E-state index contributed by atoms with van der Waals surface area (Å²) >= 11 is 1.48. The summed E-state index contributed by atoms with van der Waals surface area (Å²) in [6.07, 6.45) is 1.74. The van der Waals surface area contributed by atoms with Crippen molar-refractivity contribution in [2.45, 2.75) is 142 Å². The van der Waals surface area contributed by atoms with Crippen LogP contribution in [0.15, 0.2) is 66.2 Å². The number of nitrogens with one attached hydrogen (secondary N) is 4. The third-order valence-corrected chi connectivity index (χ3v) is 14.1. The third kappa shape index (κ3) is 16.2. The van der Waals surface area contributed by atoms with Gasteiger partial charge < -0.3 is 56.7 Å². The Morgan fingerprint density at radius 1 is 0.915 bits per heavy atom. The summed E-state index contributed by atoms with van der Waals surface area (Å²) in [7, 11) is 4.72. The summed E-state index contributed by atoms with van der Waals surface area (Å²) in [5.74, 6) is -3.99. The lowest BCUT2D eigenvalue weighted by Gasteiger charge is -2.41. The van der Waals surface area contributed by atoms with Gasteiger partial charge in [0.1, 0.15) is 29.2 Å². The number of anilines is 1. The van der Waals surface area contributed by atoms with Crippen molar-refractivity contribution in [1.29, 1.82) is 0 Å². The fourth-order valence-corrected chi connectivity index (χ4v) is 9.63. The van der Waals surface area contributed by atoms with Gasteiger partial charge in [-0.3, -0.25) is 28.8 Å². The molecule has 7 amide bonds. The second-order valence-corrected chi connectivity index (χ2v) is 20.1. The summed E-state index contributed by atoms with van der Waals surface area (Å²) in [5.41, 5.74) is 11.2. The lowest BCUT2D eigenvalue weighted by atomic mass is 9.89. The summed E-state index contributed by atoms with van der Waals surface area (Å²) < 4.78 is 17.5. The second kappa shape index (κ2) is 26.9. The van der Waals surface area contributed by atoms with Crippen molar-refractivity contribution in [3.05, 3.63) is 82.3 Å². The molecule has 1 aliphatic heterocycles. The molecule has 0 aliphatic carbocycles. The largest absolute Gasteiger partial charge is 0.445 e. The zero-order valence-corrected chi connectivity index (χ0v) is 43.6. The average Bonchev–Trinajstić information content (AvgIpc) is 4.06. The number of thiazole rings is 1. The molecule has 0 radical (unpaired) electrons. The van der Waals surface area contributed by atoms with Gasteiger partial charge in [-0.05, 0) is 68.2 Å². The molecule has 2 heterocycles. The number of nitrogens with zero attached hydrogens (tertiary/aromatic N) is 3. The van der Waals surface area contributed by atoms with Gasteiger partial charge in [0.25, 0.3) is 0 Å². The fraction of sp³-hybridized carbons (Fsp3) is 0.569. The first-order chi connectivity index (χ1) is 33.6. The molecule has 4 rings (SSSR count). The van der Waals surface area contributed by atoms with Crippen LogP contribution in [0.2, 0.25) is 0 Å². The average molecular weight is 1010 g/mol. The summed E-state index contributed by atoms with van der Waals surface area (Å²) in [6.45, 7) is 12.7. The predicted molar refractivity (Wildman–Crippen MR) is 270 cm³/mol. The van der Waals surface area contributed by atoms with E-state index in [1.807, 2.05) is 56.5 Å². The van der Waals surface area contributed by atoms with Crippen LogP contribution in [0.3, 0.4) is 0 Å². The van der Waals surface area contributed by atoms with Crippen molar-refractivity contribution in [1.82, 2.24) is 30.7 Å². The minimum Gasteiger partial charge on any atom is -0.445 e. The van der Waals surface area contributed by atoms with Gasteiger partial charge in [-0.25, -0.2) is 9.78 Å². The molecule has 0 bridgehead atoms. The van der Waals surface area contributed by atoms with Gasteiger partial charge in [0.15, 0.2) is 0 Å². The van der Waals surface area contributed by atoms with E-state index in [1.54, 1.807) is 68.3 Å². The SMILES string of the molecule is CCC(C)C(C(CC(=O)N1CCC[C@H]1C(OC)C(C)C(=O)NC(Cc1ccccc1)c1nccs1)OC)N(C)C(=O)C(NC(=O)C(C)(C)NC(=O)OCc1ccc(NC(CC(N)=O)C(N)=O)cc1)C(C)C. The van der Waals surface area contributed by atoms with Crippen LogP contribution in [-0.2, 0) is 56.0 Å². The molecule has 390 valence electrons. The van der Waals surface area contributed by atoms with Crippen molar-refractivity contribution in [2.75, 3.05) is 33.1 Å². The van der Waals surface area contributed by atoms with Gasteiger partial charge >= 0.3 is 6.09 Å². The van der Waals surface area contributed by atoms with Crippen LogP contribution < -0.4 is 32.7 Å². The molecule has 20 heteroatoms. The van der Waals surface area contributed by atoms with E-state index in [0.717, 1.165) is 17.0 Å². The number of hydrogen-bond donors (Lipinski definition) is 6. The molecule has 0 saturated carbocycles. The zero-order chi connectivity index (χ0) is 52.6. The Kier molecular flexibility index (Phi) is 21.8. The Hall–Kier alpha value is -6.12. The van der Waals surface area contributed by atoms with E-state index in [1.165, 1.54) is 32.3 Å². The van der Waals surface area contributed by atoms with Crippen LogP contribution >= 0.6 is 11.3 Å². The number of nitrogens with two attached hydrogens (primary N) is 2. The summed E-state index contributed by atoms with van der Waals surface area (Å²) in [4.78, 5) is 101. The number of rotatable bonds is 27. The molecular formula is C51H75N9O10S. The Balaban J connectivity index is 1.40. The molecule has 71 heavy (non-hydrogen) atoms. The molecule has 9 atom stereocenters. The van der Waals surface area contributed by atoms with E-state index in [4.69, 9.17) is 25.7 Å². The number of primary amides is 2. The van der Waals surface area contributed by atoms with Crippen LogP contribution in [0, 0.1) is 17.8 Å². The molecule has 8 N–H and O–H groups in total. The first kappa shape index (κ1) is 57.5.